The highest BCUT2D eigenvalue weighted by molar-refractivity contribution is 5.79. The molecule has 5 nitrogen and oxygen atoms in total. The molecule has 0 spiro atoms. The molecule has 0 fully saturated rings. The Morgan fingerprint density at radius 1 is 1.44 bits per heavy atom. The summed E-state index contributed by atoms with van der Waals surface area (Å²) in [4.78, 5) is 6.41. The third kappa shape index (κ3) is 5.92. The lowest BCUT2D eigenvalue weighted by atomic mass is 10.0. The number of rotatable bonds is 6. The zero-order valence-electron chi connectivity index (χ0n) is 11.2. The molecule has 0 bridgehead atoms. The third-order valence-corrected chi connectivity index (χ3v) is 2.49. The van der Waals surface area contributed by atoms with Crippen LogP contribution < -0.4 is 11.3 Å². The van der Waals surface area contributed by atoms with Gasteiger partial charge in [0.1, 0.15) is 0 Å². The quantitative estimate of drug-likeness (QED) is 0.233. The number of ether oxygens (including phenoxy) is 1. The molecule has 0 radical (unpaired) electrons. The van der Waals surface area contributed by atoms with Crippen LogP contribution in [-0.2, 0) is 4.74 Å². The summed E-state index contributed by atoms with van der Waals surface area (Å²) in [6.07, 6.45) is 1.11. The minimum Gasteiger partial charge on any atom is -0.383 e. The van der Waals surface area contributed by atoms with Gasteiger partial charge in [0.05, 0.1) is 13.2 Å². The first-order valence-electron chi connectivity index (χ1n) is 5.75. The normalized spacial score (nSPS) is 14.1. The molecule has 3 N–H and O–H groups in total. The van der Waals surface area contributed by atoms with E-state index >= 15 is 0 Å². The van der Waals surface area contributed by atoms with Crippen molar-refractivity contribution in [3.63, 3.8) is 0 Å². The molecular formula is C11H26N4O. The molecule has 0 saturated carbocycles. The molecule has 0 aromatic rings. The molecule has 0 aromatic heterocycles. The Morgan fingerprint density at radius 3 is 2.50 bits per heavy atom. The maximum Gasteiger partial charge on any atom is 0.208 e. The van der Waals surface area contributed by atoms with Crippen LogP contribution in [0, 0.1) is 5.92 Å². The molecule has 0 amide bonds. The Labute approximate surface area is 99.0 Å². The highest BCUT2D eigenvalue weighted by atomic mass is 16.5. The molecular weight excluding hydrogens is 204 g/mol. The first kappa shape index (κ1) is 15.2. The number of nitrogens with two attached hydrogens (primary N) is 1. The van der Waals surface area contributed by atoms with E-state index in [1.807, 2.05) is 7.05 Å². The van der Waals surface area contributed by atoms with Gasteiger partial charge in [-0.2, -0.15) is 0 Å². The van der Waals surface area contributed by atoms with Gasteiger partial charge in [-0.05, 0) is 19.3 Å². The summed E-state index contributed by atoms with van der Waals surface area (Å²) >= 11 is 0. The Morgan fingerprint density at radius 2 is 2.06 bits per heavy atom. The van der Waals surface area contributed by atoms with Crippen molar-refractivity contribution in [1.29, 1.82) is 0 Å². The fraction of sp³-hybridized carbons (Fsp3) is 0.909. The Balaban J connectivity index is 4.27. The predicted molar refractivity (Wildman–Crippen MR) is 68.2 cm³/mol. The predicted octanol–water partition coefficient (Wildman–Crippen LogP) is 0.819. The molecule has 96 valence electrons. The SMILES string of the molecule is COCCN=C(NN)N(C)C(C)CC(C)C. The van der Waals surface area contributed by atoms with E-state index in [9.17, 15) is 0 Å². The molecule has 0 heterocycles. The molecule has 0 aliphatic heterocycles. The fourth-order valence-electron chi connectivity index (χ4n) is 1.55. The van der Waals surface area contributed by atoms with Crippen molar-refractivity contribution < 1.29 is 4.74 Å². The second-order valence-corrected chi connectivity index (χ2v) is 4.43. The smallest absolute Gasteiger partial charge is 0.208 e. The molecule has 1 unspecified atom stereocenters. The third-order valence-electron chi connectivity index (χ3n) is 2.49. The van der Waals surface area contributed by atoms with Gasteiger partial charge in [0.25, 0.3) is 0 Å². The van der Waals surface area contributed by atoms with Crippen LogP contribution in [0.2, 0.25) is 0 Å². The van der Waals surface area contributed by atoms with Gasteiger partial charge in [0.2, 0.25) is 5.96 Å². The minimum absolute atomic E-state index is 0.414. The number of hydrogen-bond donors (Lipinski definition) is 2. The van der Waals surface area contributed by atoms with E-state index in [0.29, 0.717) is 31.1 Å². The lowest BCUT2D eigenvalue weighted by Gasteiger charge is -2.28. The van der Waals surface area contributed by atoms with Gasteiger partial charge in [-0.15, -0.1) is 0 Å². The zero-order valence-corrected chi connectivity index (χ0v) is 11.2. The number of methoxy groups -OCH3 is 1. The van der Waals surface area contributed by atoms with E-state index in [1.165, 1.54) is 0 Å². The summed E-state index contributed by atoms with van der Waals surface area (Å²) in [6.45, 7) is 7.82. The Hall–Kier alpha value is -0.810. The largest absolute Gasteiger partial charge is 0.383 e. The molecule has 5 heteroatoms. The number of hydrogen-bond acceptors (Lipinski definition) is 3. The highest BCUT2D eigenvalue weighted by Crippen LogP contribution is 2.09. The Bertz CT molecular complexity index is 206. The van der Waals surface area contributed by atoms with Gasteiger partial charge >= 0.3 is 0 Å². The van der Waals surface area contributed by atoms with Crippen molar-refractivity contribution in [3.8, 4) is 0 Å². The molecule has 0 aliphatic rings. The monoisotopic (exact) mass is 230 g/mol. The lowest BCUT2D eigenvalue weighted by molar-refractivity contribution is 0.207. The summed E-state index contributed by atoms with van der Waals surface area (Å²) in [5.41, 5.74) is 2.64. The van der Waals surface area contributed by atoms with Crippen LogP contribution in [0.25, 0.3) is 0 Å². The van der Waals surface area contributed by atoms with Crippen LogP contribution in [0.15, 0.2) is 4.99 Å². The van der Waals surface area contributed by atoms with E-state index in [1.54, 1.807) is 7.11 Å². The van der Waals surface area contributed by atoms with E-state index in [-0.39, 0.29) is 0 Å². The second kappa shape index (κ2) is 8.35. The summed E-state index contributed by atoms with van der Waals surface area (Å²) < 4.78 is 4.95. The number of aliphatic imine (C=N–C) groups is 1. The van der Waals surface area contributed by atoms with Gasteiger partial charge < -0.3 is 9.64 Å². The average Bonchev–Trinajstić information content (AvgIpc) is 2.22. The number of guanidine groups is 1. The zero-order chi connectivity index (χ0) is 12.6. The summed E-state index contributed by atoms with van der Waals surface area (Å²) in [5.74, 6) is 6.84. The van der Waals surface area contributed by atoms with Crippen molar-refractivity contribution in [3.05, 3.63) is 0 Å². The topological polar surface area (TPSA) is 62.9 Å². The second-order valence-electron chi connectivity index (χ2n) is 4.43. The van der Waals surface area contributed by atoms with Crippen molar-refractivity contribution in [2.75, 3.05) is 27.3 Å². The van der Waals surface area contributed by atoms with Crippen LogP contribution in [0.5, 0.6) is 0 Å². The molecule has 0 aromatic carbocycles. The van der Waals surface area contributed by atoms with E-state index < -0.39 is 0 Å². The average molecular weight is 230 g/mol. The van der Waals surface area contributed by atoms with Gasteiger partial charge in [-0.3, -0.25) is 5.43 Å². The minimum atomic E-state index is 0.414. The molecule has 0 rings (SSSR count). The van der Waals surface area contributed by atoms with Gasteiger partial charge in [-0.25, -0.2) is 10.8 Å². The van der Waals surface area contributed by atoms with E-state index in [4.69, 9.17) is 10.6 Å². The maximum atomic E-state index is 5.46. The van der Waals surface area contributed by atoms with Gasteiger partial charge in [-0.1, -0.05) is 13.8 Å². The summed E-state index contributed by atoms with van der Waals surface area (Å²) in [6, 6.07) is 0.414. The van der Waals surface area contributed by atoms with Gasteiger partial charge in [0, 0.05) is 20.2 Å². The molecule has 0 saturated heterocycles. The van der Waals surface area contributed by atoms with Crippen LogP contribution in [0.1, 0.15) is 27.2 Å². The number of nitrogens with one attached hydrogen (secondary N) is 1. The van der Waals surface area contributed by atoms with Gasteiger partial charge in [0.15, 0.2) is 0 Å². The number of nitrogens with zero attached hydrogens (tertiary/aromatic N) is 2. The Kier molecular flexibility index (Phi) is 7.93. The van der Waals surface area contributed by atoms with E-state index in [0.717, 1.165) is 6.42 Å². The first-order valence-corrected chi connectivity index (χ1v) is 5.75. The van der Waals surface area contributed by atoms with E-state index in [2.05, 4.69) is 36.1 Å². The van der Waals surface area contributed by atoms with Crippen LogP contribution in [0.4, 0.5) is 0 Å². The number of hydrazine groups is 1. The molecule has 0 aliphatic carbocycles. The van der Waals surface area contributed by atoms with Crippen molar-refractivity contribution in [2.24, 2.45) is 16.8 Å². The van der Waals surface area contributed by atoms with Crippen LogP contribution in [-0.4, -0.2) is 44.2 Å². The molecule has 1 atom stereocenters. The first-order chi connectivity index (χ1) is 7.52. The lowest BCUT2D eigenvalue weighted by Crippen LogP contribution is -2.47. The van der Waals surface area contributed by atoms with Crippen molar-refractivity contribution in [2.45, 2.75) is 33.2 Å². The van der Waals surface area contributed by atoms with Crippen LogP contribution in [0.3, 0.4) is 0 Å². The van der Waals surface area contributed by atoms with Crippen molar-refractivity contribution in [1.82, 2.24) is 10.3 Å². The molecule has 16 heavy (non-hydrogen) atoms. The summed E-state index contributed by atoms with van der Waals surface area (Å²) in [7, 11) is 3.66. The van der Waals surface area contributed by atoms with Crippen molar-refractivity contribution >= 4 is 5.96 Å². The maximum absolute atomic E-state index is 5.46. The highest BCUT2D eigenvalue weighted by Gasteiger charge is 2.14. The van der Waals surface area contributed by atoms with Crippen LogP contribution >= 0.6 is 0 Å². The standard InChI is InChI=1S/C11H26N4O/c1-9(2)8-10(3)15(4)11(14-12)13-6-7-16-5/h9-10H,6-8,12H2,1-5H3,(H,13,14). The fourth-order valence-corrected chi connectivity index (χ4v) is 1.55. The summed E-state index contributed by atoms with van der Waals surface area (Å²) in [5, 5.41) is 0.